The summed E-state index contributed by atoms with van der Waals surface area (Å²) in [5.41, 5.74) is 3.47. The fourth-order valence-corrected chi connectivity index (χ4v) is 3.95. The van der Waals surface area contributed by atoms with Crippen molar-refractivity contribution >= 4 is 28.8 Å². The first kappa shape index (κ1) is 21.2. The van der Waals surface area contributed by atoms with Gasteiger partial charge in [-0.2, -0.15) is 0 Å². The van der Waals surface area contributed by atoms with Crippen molar-refractivity contribution in [2.24, 2.45) is 0 Å². The largest absolute Gasteiger partial charge is 0.494 e. The Hall–Kier alpha value is -2.48. The van der Waals surface area contributed by atoms with Gasteiger partial charge in [0.1, 0.15) is 15.8 Å². The number of aromatic nitrogens is 2. The van der Waals surface area contributed by atoms with Crippen LogP contribution in [0.5, 0.6) is 5.75 Å². The van der Waals surface area contributed by atoms with Crippen LogP contribution in [-0.2, 0) is 4.79 Å². The second-order valence-electron chi connectivity index (χ2n) is 6.47. The van der Waals surface area contributed by atoms with Crippen LogP contribution in [0.1, 0.15) is 32.1 Å². The molecule has 0 atom stereocenters. The zero-order valence-electron chi connectivity index (χ0n) is 15.8. The van der Waals surface area contributed by atoms with E-state index < -0.39 is 0 Å². The molecule has 0 saturated heterocycles. The van der Waals surface area contributed by atoms with Gasteiger partial charge >= 0.3 is 0 Å². The quantitative estimate of drug-likeness (QED) is 0.256. The molecule has 3 aromatic rings. The van der Waals surface area contributed by atoms with E-state index in [1.54, 1.807) is 5.48 Å². The van der Waals surface area contributed by atoms with Gasteiger partial charge in [0.15, 0.2) is 0 Å². The minimum absolute atomic E-state index is 0.340. The third-order valence-corrected chi connectivity index (χ3v) is 5.64. The lowest BCUT2D eigenvalue weighted by molar-refractivity contribution is -0.129. The molecule has 3 rings (SSSR count). The topological polar surface area (TPSA) is 84.3 Å². The Kier molecular flexibility index (Phi) is 7.98. The van der Waals surface area contributed by atoms with Crippen LogP contribution in [-0.4, -0.2) is 27.9 Å². The van der Waals surface area contributed by atoms with Gasteiger partial charge in [0, 0.05) is 17.5 Å². The molecule has 0 aliphatic heterocycles. The van der Waals surface area contributed by atoms with E-state index in [4.69, 9.17) is 21.5 Å². The number of hydrogen-bond donors (Lipinski definition) is 2. The number of nitrogens with one attached hydrogen (secondary N) is 1. The smallest absolute Gasteiger partial charge is 0.243 e. The van der Waals surface area contributed by atoms with Gasteiger partial charge in [0.05, 0.1) is 11.6 Å². The monoisotopic (exact) mass is 431 g/mol. The molecule has 1 aromatic heterocycles. The van der Waals surface area contributed by atoms with Crippen molar-refractivity contribution in [2.75, 3.05) is 6.61 Å². The van der Waals surface area contributed by atoms with Gasteiger partial charge < -0.3 is 4.74 Å². The number of carbonyl (C=O) groups excluding carboxylic acids is 1. The Bertz CT molecular complexity index is 948. The highest BCUT2D eigenvalue weighted by molar-refractivity contribution is 7.18. The number of benzene rings is 2. The van der Waals surface area contributed by atoms with Crippen LogP contribution in [0.2, 0.25) is 5.02 Å². The summed E-state index contributed by atoms with van der Waals surface area (Å²) < 4.78 is 5.84. The summed E-state index contributed by atoms with van der Waals surface area (Å²) in [6.07, 6.45) is 3.90. The number of hydrogen-bond acceptors (Lipinski definition) is 6. The molecule has 0 aliphatic rings. The van der Waals surface area contributed by atoms with Crippen molar-refractivity contribution in [1.29, 1.82) is 0 Å². The highest BCUT2D eigenvalue weighted by Crippen LogP contribution is 2.34. The number of ether oxygens (including phenoxy) is 1. The molecular formula is C21H22ClN3O3S. The molecule has 8 heteroatoms. The highest BCUT2D eigenvalue weighted by atomic mass is 35.5. The maximum atomic E-state index is 10.9. The molecule has 29 heavy (non-hydrogen) atoms. The van der Waals surface area contributed by atoms with Crippen molar-refractivity contribution in [2.45, 2.75) is 32.1 Å². The Labute approximate surface area is 178 Å². The molecule has 0 unspecified atom stereocenters. The summed E-state index contributed by atoms with van der Waals surface area (Å²) in [7, 11) is 0. The first-order valence-electron chi connectivity index (χ1n) is 9.42. The summed E-state index contributed by atoms with van der Waals surface area (Å²) in [6.45, 7) is 0.608. The number of hydroxylamine groups is 1. The minimum Gasteiger partial charge on any atom is -0.494 e. The van der Waals surface area contributed by atoms with Gasteiger partial charge in [0.2, 0.25) is 5.91 Å². The maximum Gasteiger partial charge on any atom is 0.243 e. The summed E-state index contributed by atoms with van der Waals surface area (Å²) >= 11 is 7.74. The molecule has 152 valence electrons. The summed E-state index contributed by atoms with van der Waals surface area (Å²) in [6, 6.07) is 15.4. The van der Waals surface area contributed by atoms with Gasteiger partial charge in [-0.05, 0) is 31.0 Å². The standard InChI is InChI=1S/C21H22ClN3O3S/c22-18-11-5-4-10-17(18)21-24-23-20(29-21)15-8-7-9-16(14-15)28-13-6-2-1-3-12-19(26)25-27/h4-5,7-11,14,27H,1-3,6,12-13H2,(H,25,26). The molecule has 2 N–H and O–H groups in total. The second kappa shape index (κ2) is 10.9. The number of nitrogens with zero attached hydrogens (tertiary/aromatic N) is 2. The molecule has 0 spiro atoms. The van der Waals surface area contributed by atoms with Crippen molar-refractivity contribution in [1.82, 2.24) is 15.7 Å². The van der Waals surface area contributed by atoms with E-state index in [9.17, 15) is 4.79 Å². The normalized spacial score (nSPS) is 10.7. The molecule has 2 aromatic carbocycles. The molecular weight excluding hydrogens is 410 g/mol. The van der Waals surface area contributed by atoms with Crippen molar-refractivity contribution in [3.8, 4) is 26.9 Å². The van der Waals surface area contributed by atoms with E-state index in [2.05, 4.69) is 10.2 Å². The van der Waals surface area contributed by atoms with Crippen LogP contribution in [0.15, 0.2) is 48.5 Å². The average Bonchev–Trinajstić information content (AvgIpc) is 3.23. The van der Waals surface area contributed by atoms with Crippen LogP contribution < -0.4 is 10.2 Å². The summed E-state index contributed by atoms with van der Waals surface area (Å²) in [5.74, 6) is 0.448. The third-order valence-electron chi connectivity index (χ3n) is 4.30. The van der Waals surface area contributed by atoms with Gasteiger partial charge in [-0.3, -0.25) is 10.0 Å². The van der Waals surface area contributed by atoms with Gasteiger partial charge in [-0.25, -0.2) is 5.48 Å². The zero-order valence-corrected chi connectivity index (χ0v) is 17.4. The van der Waals surface area contributed by atoms with E-state index in [1.165, 1.54) is 11.3 Å². The van der Waals surface area contributed by atoms with Crippen molar-refractivity contribution in [3.63, 3.8) is 0 Å². The number of amides is 1. The van der Waals surface area contributed by atoms with Crippen LogP contribution in [0.25, 0.3) is 21.1 Å². The molecule has 0 saturated carbocycles. The average molecular weight is 432 g/mol. The highest BCUT2D eigenvalue weighted by Gasteiger charge is 2.11. The molecule has 0 bridgehead atoms. The Morgan fingerprint density at radius 2 is 1.83 bits per heavy atom. The lowest BCUT2D eigenvalue weighted by atomic mass is 10.1. The van der Waals surface area contributed by atoms with E-state index >= 15 is 0 Å². The SMILES string of the molecule is O=C(CCCCCCOc1cccc(-c2nnc(-c3ccccc3Cl)s2)c1)NO. The van der Waals surface area contributed by atoms with Crippen molar-refractivity contribution < 1.29 is 14.7 Å². The molecule has 1 heterocycles. The molecule has 0 radical (unpaired) electrons. The molecule has 1 amide bonds. The predicted molar refractivity (Wildman–Crippen MR) is 114 cm³/mol. The fourth-order valence-electron chi connectivity index (χ4n) is 2.79. The number of carbonyl (C=O) groups is 1. The van der Waals surface area contributed by atoms with Gasteiger partial charge in [-0.15, -0.1) is 10.2 Å². The van der Waals surface area contributed by atoms with Crippen LogP contribution in [0.3, 0.4) is 0 Å². The lowest BCUT2D eigenvalue weighted by Gasteiger charge is -2.07. The third kappa shape index (κ3) is 6.25. The number of halogens is 1. The van der Waals surface area contributed by atoms with E-state index in [1.807, 2.05) is 48.5 Å². The fraction of sp³-hybridized carbons (Fsp3) is 0.286. The van der Waals surface area contributed by atoms with Gasteiger partial charge in [-0.1, -0.05) is 66.1 Å². The Balaban J connectivity index is 1.51. The second-order valence-corrected chi connectivity index (χ2v) is 7.85. The van der Waals surface area contributed by atoms with Crippen LogP contribution in [0, 0.1) is 0 Å². The summed E-state index contributed by atoms with van der Waals surface area (Å²) in [5, 5.41) is 19.3. The Morgan fingerprint density at radius 1 is 1.03 bits per heavy atom. The minimum atomic E-state index is -0.340. The van der Waals surface area contributed by atoms with Gasteiger partial charge in [0.25, 0.3) is 0 Å². The first-order valence-corrected chi connectivity index (χ1v) is 10.6. The van der Waals surface area contributed by atoms with E-state index in [0.717, 1.165) is 52.6 Å². The molecule has 0 fully saturated rings. The molecule has 6 nitrogen and oxygen atoms in total. The summed E-state index contributed by atoms with van der Waals surface area (Å²) in [4.78, 5) is 10.9. The maximum absolute atomic E-state index is 10.9. The van der Waals surface area contributed by atoms with E-state index in [0.29, 0.717) is 18.1 Å². The number of rotatable bonds is 10. The zero-order chi connectivity index (χ0) is 20.5. The van der Waals surface area contributed by atoms with Crippen LogP contribution >= 0.6 is 22.9 Å². The molecule has 0 aliphatic carbocycles. The lowest BCUT2D eigenvalue weighted by Crippen LogP contribution is -2.17. The van der Waals surface area contributed by atoms with Crippen molar-refractivity contribution in [3.05, 3.63) is 53.6 Å². The first-order chi connectivity index (χ1) is 14.2. The Morgan fingerprint density at radius 3 is 2.66 bits per heavy atom. The predicted octanol–water partition coefficient (Wildman–Crippen LogP) is 5.36. The van der Waals surface area contributed by atoms with Crippen LogP contribution in [0.4, 0.5) is 0 Å². The number of unbranched alkanes of at least 4 members (excludes halogenated alkanes) is 3. The van der Waals surface area contributed by atoms with E-state index in [-0.39, 0.29) is 5.91 Å².